The number of H-pyrrole nitrogens is 1. The molecule has 17 rings (SSSR count). The Balaban J connectivity index is 0.000000149. The number of aldehydes is 1. The van der Waals surface area contributed by atoms with E-state index in [0.717, 1.165) is 91.7 Å². The molecule has 27 nitrogen and oxygen atoms in total. The summed E-state index contributed by atoms with van der Waals surface area (Å²) in [6.07, 6.45) is -19.9. The van der Waals surface area contributed by atoms with Crippen molar-refractivity contribution in [2.24, 2.45) is 0 Å². The Labute approximate surface area is 758 Å². The maximum Gasteiger partial charge on any atom is 0.488 e. The van der Waals surface area contributed by atoms with Gasteiger partial charge in [0.25, 0.3) is 0 Å². The zero-order chi connectivity index (χ0) is 95.1. The van der Waals surface area contributed by atoms with Gasteiger partial charge in [0, 0.05) is 27.5 Å². The second-order valence-electron chi connectivity index (χ2n) is 33.5. The normalized spacial score (nSPS) is 25.8. The summed E-state index contributed by atoms with van der Waals surface area (Å²) in [4.78, 5) is 47.7. The minimum Gasteiger partial charge on any atom is -0.451 e. The molecular weight excluding hydrogens is 1740 g/mol. The molecule has 8 aromatic carbocycles. The van der Waals surface area contributed by atoms with Gasteiger partial charge in [0.15, 0.2) is 61.0 Å². The lowest BCUT2D eigenvalue weighted by Crippen LogP contribution is -2.36. The van der Waals surface area contributed by atoms with Crippen molar-refractivity contribution in [3.8, 4) is 22.3 Å². The van der Waals surface area contributed by atoms with E-state index in [9.17, 15) is 61.2 Å². The van der Waals surface area contributed by atoms with Crippen LogP contribution in [0.4, 0.5) is 26.3 Å². The van der Waals surface area contributed by atoms with Gasteiger partial charge in [-0.3, -0.25) is 0 Å². The second kappa shape index (κ2) is 42.2. The number of aliphatic hydroxyl groups excluding tert-OH is 4. The number of carbonyl (C=O) groups is 3. The predicted octanol–water partition coefficient (Wildman–Crippen LogP) is 14.4. The van der Waals surface area contributed by atoms with Crippen molar-refractivity contribution in [1.82, 2.24) is 15.0 Å². The van der Waals surface area contributed by atoms with Crippen molar-refractivity contribution in [3.05, 3.63) is 278 Å². The van der Waals surface area contributed by atoms with Crippen molar-refractivity contribution in [3.63, 3.8) is 0 Å². The number of methoxy groups -OCH3 is 3. The zero-order valence-electron chi connectivity index (χ0n) is 74.2. The summed E-state index contributed by atoms with van der Waals surface area (Å²) in [5.74, 6) is -3.35. The van der Waals surface area contributed by atoms with Crippen molar-refractivity contribution < 1.29 is 142 Å². The number of benzene rings is 8. The maximum atomic E-state index is 13.4. The Morgan fingerprint density at radius 3 is 1.29 bits per heavy atom. The number of aromatic nitrogens is 3. The number of nitrogens with one attached hydrogen (secondary N) is 1. The first-order valence-corrected chi connectivity index (χ1v) is 42.3. The van der Waals surface area contributed by atoms with Crippen LogP contribution in [0.25, 0.3) is 33.3 Å². The Bertz CT molecular complexity index is 5530. The lowest BCUT2D eigenvalue weighted by atomic mass is 9.79. The fraction of sp³-hybridized carbons (Fsp3) is 0.406. The highest BCUT2D eigenvalue weighted by Gasteiger charge is 2.61. The summed E-state index contributed by atoms with van der Waals surface area (Å²) in [6, 6.07) is 54.2. The van der Waals surface area contributed by atoms with Gasteiger partial charge >= 0.3 is 31.4 Å². The maximum absolute atomic E-state index is 13.4. The van der Waals surface area contributed by atoms with Crippen molar-refractivity contribution in [2.75, 3.05) is 21.3 Å². The van der Waals surface area contributed by atoms with E-state index in [0.29, 0.717) is 27.4 Å². The van der Waals surface area contributed by atoms with Gasteiger partial charge in [-0.1, -0.05) is 163 Å². The van der Waals surface area contributed by atoms with Crippen LogP contribution in [0.3, 0.4) is 0 Å². The molecule has 0 spiro atoms. The smallest absolute Gasteiger partial charge is 0.451 e. The highest BCUT2D eigenvalue weighted by molar-refractivity contribution is 6.58. The average molecular weight is 1850 g/mol. The van der Waals surface area contributed by atoms with Crippen molar-refractivity contribution in [2.45, 2.75) is 230 Å². The lowest BCUT2D eigenvalue weighted by Gasteiger charge is -2.29. The molecular formula is C96H105BClF6N3O24. The number of ether oxygens (including phenoxy) is 15. The number of aryl methyl sites for hydroxylation is 6. The quantitative estimate of drug-likeness (QED) is 0.0146. The van der Waals surface area contributed by atoms with Crippen molar-refractivity contribution >= 4 is 53.4 Å². The van der Waals surface area contributed by atoms with E-state index in [2.05, 4.69) is 15.0 Å². The van der Waals surface area contributed by atoms with E-state index in [1.165, 1.54) is 46.5 Å². The molecule has 9 heterocycles. The summed E-state index contributed by atoms with van der Waals surface area (Å²) in [5, 5.41) is 59.7. The minimum atomic E-state index is -4.43. The number of aliphatic hydroxyl groups is 4. The molecule has 0 radical (unpaired) electrons. The largest absolute Gasteiger partial charge is 0.488 e. The van der Waals surface area contributed by atoms with E-state index in [1.54, 1.807) is 71.3 Å². The van der Waals surface area contributed by atoms with Gasteiger partial charge in [-0.15, -0.1) is 0 Å². The number of hydrogen-bond acceptors (Lipinski definition) is 26. The third kappa shape index (κ3) is 24.0. The first-order chi connectivity index (χ1) is 61.9. The molecule has 700 valence electrons. The Morgan fingerprint density at radius 2 is 0.870 bits per heavy atom. The second-order valence-corrected chi connectivity index (χ2v) is 33.9. The monoisotopic (exact) mass is 1840 g/mol. The van der Waals surface area contributed by atoms with Gasteiger partial charge in [0.2, 0.25) is 0 Å². The first kappa shape index (κ1) is 100. The van der Waals surface area contributed by atoms with Gasteiger partial charge in [0.05, 0.1) is 27.6 Å². The summed E-state index contributed by atoms with van der Waals surface area (Å²) in [5.41, 5.74) is 10.3. The fourth-order valence-electron chi connectivity index (χ4n) is 16.0. The average Bonchev–Trinajstić information content (AvgIpc) is 1.58. The minimum absolute atomic E-state index is 0.0249. The SMILES string of the molecule is CO[C@@H]1O[C@H](C=O)[C@H]2OC(C)(C)O[C@@H]12.CO[C@@H]1O[C@H]([C@H](O)c2ccc(C(F)(F)F)c(C)c2)[C@H]2OC(C)(C)O[C@@H]12.CO[C@@H]1O[C@H]([C@H](OC(=O)c2ccc(-c3ccccc3)cc2)c2ccc(C)c(C)c2)[C@H]2OC(C)(C)O[C@@H]12.Cc1cc(B(O)O)ccc1C(F)(F)F.Cc1ccc([C@@H](OC(=O)c2ccc(-c3ccccc3)cc2)[C@H]2OC(O)[C@H](O)[C@@H]2O)cc1C.Clc1ncnc2[nH]ccc12. The number of carbonyl (C=O) groups excluding carboxylic acids is 3. The third-order valence-electron chi connectivity index (χ3n) is 22.9. The molecule has 35 heteroatoms. The molecule has 0 aliphatic carbocycles. The van der Waals surface area contributed by atoms with Crippen LogP contribution in [0.2, 0.25) is 5.15 Å². The molecule has 131 heavy (non-hydrogen) atoms. The van der Waals surface area contributed by atoms with Crippen LogP contribution in [0, 0.1) is 41.5 Å². The molecule has 7 aliphatic heterocycles. The van der Waals surface area contributed by atoms with Crippen LogP contribution in [0.15, 0.2) is 201 Å². The molecule has 0 amide bonds. The van der Waals surface area contributed by atoms with E-state index < -0.39 is 164 Å². The number of hydrogen-bond donors (Lipinski definition) is 7. The van der Waals surface area contributed by atoms with Gasteiger partial charge in [-0.25, -0.2) is 19.6 Å². The Hall–Kier alpha value is -9.84. The molecule has 7 aliphatic rings. The number of alkyl halides is 6. The van der Waals surface area contributed by atoms with Crippen LogP contribution in [-0.4, -0.2) is 208 Å². The number of rotatable bonds is 17. The first-order valence-electron chi connectivity index (χ1n) is 41.9. The summed E-state index contributed by atoms with van der Waals surface area (Å²) >= 11 is 5.73. The molecule has 0 saturated carbocycles. The number of esters is 2. The number of nitrogens with zero attached hydrogens (tertiary/aromatic N) is 2. The molecule has 19 atom stereocenters. The van der Waals surface area contributed by atoms with Crippen LogP contribution in [-0.2, 0) is 88.2 Å². The lowest BCUT2D eigenvalue weighted by molar-refractivity contribution is -0.237. The van der Waals surface area contributed by atoms with E-state index >= 15 is 0 Å². The fourth-order valence-corrected chi connectivity index (χ4v) is 16.2. The van der Waals surface area contributed by atoms with Crippen molar-refractivity contribution in [1.29, 1.82) is 0 Å². The molecule has 7 N–H and O–H groups in total. The number of aromatic amines is 1. The van der Waals surface area contributed by atoms with Crippen LogP contribution in [0.1, 0.15) is 142 Å². The predicted molar refractivity (Wildman–Crippen MR) is 465 cm³/mol. The Kier molecular flexibility index (Phi) is 32.2. The summed E-state index contributed by atoms with van der Waals surface area (Å²) < 4.78 is 161. The third-order valence-corrected chi connectivity index (χ3v) is 23.2. The standard InChI is InChI=1S/C30H32O6.C26H26O6.C17H21F3O5.C9H14O5.C8H8BF3O2.C6H4ClN3/c1-18-11-12-23(17-19(18)2)24(25-26-27(29(32-5)34-25)36-30(3,4)35-26)33-28(31)22-15-13-21(14-16-22)20-9-7-6-8-10-20;1-15-8-9-20(14-16(15)2)23(24-21(27)22(28)26(30)32-24)31-25(29)19-12-10-18(11-13-19)17-6-4-3-5-7-17;1-8-7-9(5-6-10(8)17(18,19)20)11(21)12-13-14(15(22-4)23-12)25-16(2,3)24-13;1-9(2)13-6-5(4-10)12-8(11-3)7(6)14-9;1-5-4-6(9(13)14)2-3-7(5)8(10,11)12;7-5-4-1-2-8-6(4)10-3-9-5/h6-17,24-27,29H,1-5H3;3-14,21-24,26-28,30H,1-2H3;5-7,11-15,21H,1-4H3;4-8H,1-3H3;2-4,13-14H,1H3;1-3H,(H,8,9,10)/t24-,25-,26-,27-,29-;21-,22+,23+,24-,26?;11-,12-,13-,14-,15-;5-,6-,7-,8-;;/m1011../s1. The van der Waals surface area contributed by atoms with Crippen LogP contribution < -0.4 is 5.46 Å². The van der Waals surface area contributed by atoms with Gasteiger partial charge in [-0.05, 0) is 197 Å². The summed E-state index contributed by atoms with van der Waals surface area (Å²) in [6.45, 7) is 21.4. The Morgan fingerprint density at radius 1 is 0.466 bits per heavy atom. The zero-order valence-corrected chi connectivity index (χ0v) is 75.0. The molecule has 0 bridgehead atoms. The van der Waals surface area contributed by atoms with E-state index in [1.807, 2.05) is 163 Å². The van der Waals surface area contributed by atoms with Gasteiger partial charge in [-0.2, -0.15) is 26.3 Å². The molecule has 10 aromatic rings. The highest BCUT2D eigenvalue weighted by atomic mass is 35.5. The highest BCUT2D eigenvalue weighted by Crippen LogP contribution is 2.48. The number of fused-ring (bicyclic) bond motifs is 4. The molecule has 1 unspecified atom stereocenters. The van der Waals surface area contributed by atoms with E-state index in [4.69, 9.17) is 92.7 Å². The van der Waals surface area contributed by atoms with E-state index in [-0.39, 0.29) is 28.8 Å². The summed E-state index contributed by atoms with van der Waals surface area (Å²) in [7, 11) is 2.80. The molecule has 7 fully saturated rings. The molecule has 7 saturated heterocycles. The van der Waals surface area contributed by atoms with Crippen LogP contribution >= 0.6 is 11.6 Å². The molecule has 2 aromatic heterocycles. The topological polar surface area (TPSA) is 353 Å². The van der Waals surface area contributed by atoms with Crippen LogP contribution in [0.5, 0.6) is 0 Å². The number of halogens is 7. The van der Waals surface area contributed by atoms with Gasteiger partial charge in [0.1, 0.15) is 96.5 Å². The van der Waals surface area contributed by atoms with Gasteiger partial charge < -0.3 is 111 Å².